The highest BCUT2D eigenvalue weighted by molar-refractivity contribution is 5.83. The van der Waals surface area contributed by atoms with E-state index >= 15 is 0 Å². The van der Waals surface area contributed by atoms with Gasteiger partial charge in [-0.3, -0.25) is 9.59 Å². The predicted octanol–water partition coefficient (Wildman–Crippen LogP) is 5.06. The van der Waals surface area contributed by atoms with E-state index in [2.05, 4.69) is 13.0 Å². The van der Waals surface area contributed by atoms with Gasteiger partial charge in [-0.1, -0.05) is 63.8 Å². The second-order valence-corrected chi connectivity index (χ2v) is 7.54. The molecule has 148 valence electrons. The van der Waals surface area contributed by atoms with Gasteiger partial charge < -0.3 is 10.2 Å². The first-order valence-corrected chi connectivity index (χ1v) is 10.2. The number of aliphatic hydroxyl groups is 1. The quantitative estimate of drug-likeness (QED) is 0.354. The van der Waals surface area contributed by atoms with Crippen molar-refractivity contribution in [3.63, 3.8) is 0 Å². The molecule has 2 N–H and O–H groups in total. The number of aliphatic carboxylic acids is 1. The fourth-order valence-electron chi connectivity index (χ4n) is 3.58. The summed E-state index contributed by atoms with van der Waals surface area (Å²) in [5.41, 5.74) is -0.763. The average molecular weight is 365 g/mol. The molecule has 0 aromatic rings. The Hall–Kier alpha value is -1.42. The van der Waals surface area contributed by atoms with E-state index in [-0.39, 0.29) is 24.0 Å². The molecule has 0 radical (unpaired) electrons. The lowest BCUT2D eigenvalue weighted by atomic mass is 9.87. The van der Waals surface area contributed by atoms with Gasteiger partial charge in [0.25, 0.3) is 0 Å². The zero-order valence-corrected chi connectivity index (χ0v) is 16.5. The number of hydrogen-bond donors (Lipinski definition) is 2. The van der Waals surface area contributed by atoms with Crippen molar-refractivity contribution in [1.29, 1.82) is 0 Å². The van der Waals surface area contributed by atoms with E-state index in [0.717, 1.165) is 25.7 Å². The summed E-state index contributed by atoms with van der Waals surface area (Å²) < 4.78 is 0. The van der Waals surface area contributed by atoms with Crippen molar-refractivity contribution in [3.8, 4) is 0 Å². The SMILES string of the molecule is CCCCCCC(O)(C=CC1CCC(=O)C1CC=CCCC(=O)O)CC. The molecule has 0 aliphatic heterocycles. The molecule has 0 spiro atoms. The van der Waals surface area contributed by atoms with E-state index < -0.39 is 11.6 Å². The first kappa shape index (κ1) is 22.6. The highest BCUT2D eigenvalue weighted by atomic mass is 16.4. The minimum absolute atomic E-state index is 0.0338. The highest BCUT2D eigenvalue weighted by Gasteiger charge is 2.32. The van der Waals surface area contributed by atoms with Gasteiger partial charge >= 0.3 is 5.97 Å². The molecule has 26 heavy (non-hydrogen) atoms. The smallest absolute Gasteiger partial charge is 0.303 e. The van der Waals surface area contributed by atoms with Crippen LogP contribution in [0.15, 0.2) is 24.3 Å². The Balaban J connectivity index is 2.56. The van der Waals surface area contributed by atoms with Gasteiger partial charge in [-0.05, 0) is 38.0 Å². The molecule has 3 atom stereocenters. The number of carbonyl (C=O) groups excluding carboxylic acids is 1. The summed E-state index contributed by atoms with van der Waals surface area (Å²) in [6.45, 7) is 4.19. The molecule has 1 fully saturated rings. The van der Waals surface area contributed by atoms with Crippen LogP contribution in [0.5, 0.6) is 0 Å². The summed E-state index contributed by atoms with van der Waals surface area (Å²) in [6.07, 6.45) is 16.6. The Morgan fingerprint density at radius 2 is 2.00 bits per heavy atom. The van der Waals surface area contributed by atoms with Crippen molar-refractivity contribution in [2.24, 2.45) is 11.8 Å². The van der Waals surface area contributed by atoms with E-state index in [1.54, 1.807) is 0 Å². The minimum atomic E-state index is -0.801. The Morgan fingerprint density at radius 3 is 2.65 bits per heavy atom. The molecule has 0 saturated heterocycles. The van der Waals surface area contributed by atoms with Crippen molar-refractivity contribution in [3.05, 3.63) is 24.3 Å². The zero-order chi connectivity index (χ0) is 19.4. The lowest BCUT2D eigenvalue weighted by Crippen LogP contribution is -2.25. The first-order valence-electron chi connectivity index (χ1n) is 10.2. The number of unbranched alkanes of at least 4 members (excludes halogenated alkanes) is 3. The van der Waals surface area contributed by atoms with Crippen molar-refractivity contribution in [2.75, 3.05) is 0 Å². The predicted molar refractivity (Wildman–Crippen MR) is 105 cm³/mol. The lowest BCUT2D eigenvalue weighted by Gasteiger charge is -2.24. The van der Waals surface area contributed by atoms with E-state index in [0.29, 0.717) is 25.7 Å². The van der Waals surface area contributed by atoms with Gasteiger partial charge in [-0.2, -0.15) is 0 Å². The Morgan fingerprint density at radius 1 is 1.23 bits per heavy atom. The zero-order valence-electron chi connectivity index (χ0n) is 16.5. The molecule has 1 saturated carbocycles. The van der Waals surface area contributed by atoms with Crippen molar-refractivity contribution < 1.29 is 19.8 Å². The molecule has 3 unspecified atom stereocenters. The van der Waals surface area contributed by atoms with Crippen molar-refractivity contribution in [1.82, 2.24) is 0 Å². The van der Waals surface area contributed by atoms with Crippen LogP contribution in [0.2, 0.25) is 0 Å². The topological polar surface area (TPSA) is 74.6 Å². The molecule has 0 heterocycles. The fraction of sp³-hybridized carbons (Fsp3) is 0.727. The van der Waals surface area contributed by atoms with Crippen molar-refractivity contribution >= 4 is 11.8 Å². The molecule has 0 aromatic heterocycles. The highest BCUT2D eigenvalue weighted by Crippen LogP contribution is 2.34. The van der Waals surface area contributed by atoms with Gasteiger partial charge in [-0.15, -0.1) is 0 Å². The molecule has 4 heteroatoms. The van der Waals surface area contributed by atoms with Crippen LogP contribution in [-0.2, 0) is 9.59 Å². The Kier molecular flexibility index (Phi) is 10.5. The molecule has 1 rings (SSSR count). The van der Waals surface area contributed by atoms with E-state index in [4.69, 9.17) is 5.11 Å². The summed E-state index contributed by atoms with van der Waals surface area (Å²) in [5, 5.41) is 19.4. The maximum atomic E-state index is 12.2. The largest absolute Gasteiger partial charge is 0.481 e. The third-order valence-corrected chi connectivity index (χ3v) is 5.47. The van der Waals surface area contributed by atoms with Gasteiger partial charge in [-0.25, -0.2) is 0 Å². The molecule has 0 amide bonds. The number of ketones is 1. The number of rotatable bonds is 13. The van der Waals surface area contributed by atoms with Crippen LogP contribution in [0, 0.1) is 11.8 Å². The van der Waals surface area contributed by atoms with Gasteiger partial charge in [0.1, 0.15) is 5.78 Å². The Labute approximate surface area is 158 Å². The molecule has 1 aliphatic carbocycles. The van der Waals surface area contributed by atoms with Crippen LogP contribution in [-0.4, -0.2) is 27.6 Å². The van der Waals surface area contributed by atoms with Gasteiger partial charge in [0, 0.05) is 18.8 Å². The van der Waals surface area contributed by atoms with Gasteiger partial charge in [0.2, 0.25) is 0 Å². The number of Topliss-reactive ketones (excluding diaryl/α,β-unsaturated/α-hetero) is 1. The van der Waals surface area contributed by atoms with Crippen LogP contribution < -0.4 is 0 Å². The molecule has 4 nitrogen and oxygen atoms in total. The number of carbonyl (C=O) groups is 2. The second-order valence-electron chi connectivity index (χ2n) is 7.54. The van der Waals surface area contributed by atoms with Crippen LogP contribution >= 0.6 is 0 Å². The summed E-state index contributed by atoms with van der Waals surface area (Å²) in [7, 11) is 0. The van der Waals surface area contributed by atoms with E-state index in [1.807, 2.05) is 25.2 Å². The number of hydrogen-bond acceptors (Lipinski definition) is 3. The van der Waals surface area contributed by atoms with E-state index in [1.165, 1.54) is 12.8 Å². The first-order chi connectivity index (χ1) is 12.4. The molecule has 0 bridgehead atoms. The summed E-state index contributed by atoms with van der Waals surface area (Å²) in [4.78, 5) is 22.7. The monoisotopic (exact) mass is 364 g/mol. The molecular weight excluding hydrogens is 328 g/mol. The maximum absolute atomic E-state index is 12.2. The number of allylic oxidation sites excluding steroid dienone is 3. The molecule has 1 aliphatic rings. The van der Waals surface area contributed by atoms with Gasteiger partial charge in [0.05, 0.1) is 5.60 Å². The summed E-state index contributed by atoms with van der Waals surface area (Å²) in [6, 6.07) is 0. The van der Waals surface area contributed by atoms with Crippen LogP contribution in [0.25, 0.3) is 0 Å². The van der Waals surface area contributed by atoms with Gasteiger partial charge in [0.15, 0.2) is 0 Å². The maximum Gasteiger partial charge on any atom is 0.303 e. The summed E-state index contributed by atoms with van der Waals surface area (Å²) in [5.74, 6) is -0.371. The molecule has 0 aromatic carbocycles. The minimum Gasteiger partial charge on any atom is -0.481 e. The molecular formula is C22H36O4. The van der Waals surface area contributed by atoms with Crippen LogP contribution in [0.3, 0.4) is 0 Å². The fourth-order valence-corrected chi connectivity index (χ4v) is 3.58. The third kappa shape index (κ3) is 8.31. The second kappa shape index (κ2) is 12.1. The lowest BCUT2D eigenvalue weighted by molar-refractivity contribution is -0.136. The van der Waals surface area contributed by atoms with E-state index in [9.17, 15) is 14.7 Å². The standard InChI is InChI=1S/C22H36O4/c1-3-5-6-10-16-22(26,4-2)17-15-18-13-14-20(23)19(18)11-8-7-9-12-21(24)25/h7-8,15,17-19,26H,3-6,9-14,16H2,1-2H3,(H,24,25). The third-order valence-electron chi connectivity index (χ3n) is 5.47. The van der Waals surface area contributed by atoms with Crippen LogP contribution in [0.1, 0.15) is 84.5 Å². The summed E-state index contributed by atoms with van der Waals surface area (Å²) >= 11 is 0. The number of carboxylic acid groups (broad SMARTS) is 1. The average Bonchev–Trinajstić information content (AvgIpc) is 2.96. The van der Waals surface area contributed by atoms with Crippen LogP contribution in [0.4, 0.5) is 0 Å². The normalized spacial score (nSPS) is 23.1. The Bertz CT molecular complexity index is 494. The number of carboxylic acids is 1. The van der Waals surface area contributed by atoms with Crippen molar-refractivity contribution in [2.45, 2.75) is 90.1 Å².